The Hall–Kier alpha value is -3.75. The van der Waals surface area contributed by atoms with Crippen LogP contribution in [-0.2, 0) is 11.3 Å². The lowest BCUT2D eigenvalue weighted by molar-refractivity contribution is -0.116. The third kappa shape index (κ3) is 4.01. The maximum absolute atomic E-state index is 12.3. The van der Waals surface area contributed by atoms with E-state index in [0.29, 0.717) is 22.3 Å². The highest BCUT2D eigenvalue weighted by molar-refractivity contribution is 5.93. The van der Waals surface area contributed by atoms with Crippen LogP contribution in [0.3, 0.4) is 0 Å². The van der Waals surface area contributed by atoms with Gasteiger partial charge in [0.15, 0.2) is 0 Å². The summed E-state index contributed by atoms with van der Waals surface area (Å²) in [4.78, 5) is 35.3. The number of hydrogen-bond donors (Lipinski definition) is 3. The van der Waals surface area contributed by atoms with Crippen LogP contribution < -0.4 is 21.9 Å². The van der Waals surface area contributed by atoms with Gasteiger partial charge in [-0.2, -0.15) is 0 Å². The molecular formula is C17H16N6O3. The van der Waals surface area contributed by atoms with E-state index in [4.69, 9.17) is 5.73 Å². The van der Waals surface area contributed by atoms with Crippen molar-refractivity contribution in [3.8, 4) is 0 Å². The number of carbonyl (C=O) groups excluding carboxylic acids is 2. The van der Waals surface area contributed by atoms with Gasteiger partial charge in [0.1, 0.15) is 5.52 Å². The third-order valence-electron chi connectivity index (χ3n) is 3.59. The molecule has 1 heterocycles. The van der Waals surface area contributed by atoms with E-state index in [2.05, 4.69) is 20.9 Å². The van der Waals surface area contributed by atoms with Crippen LogP contribution in [0.1, 0.15) is 6.42 Å². The Kier molecular flexibility index (Phi) is 4.88. The first kappa shape index (κ1) is 17.1. The third-order valence-corrected chi connectivity index (χ3v) is 3.59. The monoisotopic (exact) mass is 352 g/mol. The standard InChI is InChI=1S/C17H16N6O3/c18-17(26)20-12-5-3-4-11(10-12)19-15(24)8-9-23-16(25)13-6-1-2-7-14(13)21-22-23/h1-7,10H,8-9H2,(H,19,24)(H3,18,20,26). The number of hydrogen-bond acceptors (Lipinski definition) is 5. The maximum Gasteiger partial charge on any atom is 0.316 e. The lowest BCUT2D eigenvalue weighted by Gasteiger charge is -2.08. The first-order valence-corrected chi connectivity index (χ1v) is 7.82. The van der Waals surface area contributed by atoms with Crippen molar-refractivity contribution in [3.05, 3.63) is 58.9 Å². The Balaban J connectivity index is 1.65. The van der Waals surface area contributed by atoms with E-state index < -0.39 is 6.03 Å². The Morgan fingerprint density at radius 2 is 1.77 bits per heavy atom. The average molecular weight is 352 g/mol. The number of fused-ring (bicyclic) bond motifs is 1. The summed E-state index contributed by atoms with van der Waals surface area (Å²) in [6.07, 6.45) is 0.0421. The van der Waals surface area contributed by atoms with Gasteiger partial charge < -0.3 is 16.4 Å². The Morgan fingerprint density at radius 1 is 1.04 bits per heavy atom. The maximum atomic E-state index is 12.3. The minimum Gasteiger partial charge on any atom is -0.351 e. The molecule has 0 saturated heterocycles. The number of urea groups is 1. The number of nitrogens with two attached hydrogens (primary N) is 1. The van der Waals surface area contributed by atoms with Crippen LogP contribution in [-0.4, -0.2) is 26.9 Å². The molecule has 3 aromatic rings. The summed E-state index contributed by atoms with van der Waals surface area (Å²) in [7, 11) is 0. The zero-order valence-electron chi connectivity index (χ0n) is 13.7. The molecule has 132 valence electrons. The summed E-state index contributed by atoms with van der Waals surface area (Å²) in [5, 5.41) is 13.4. The summed E-state index contributed by atoms with van der Waals surface area (Å²) in [5.74, 6) is -0.303. The first-order chi connectivity index (χ1) is 12.5. The molecule has 9 heteroatoms. The number of nitrogens with zero attached hydrogens (tertiary/aromatic N) is 3. The highest BCUT2D eigenvalue weighted by Gasteiger charge is 2.08. The van der Waals surface area contributed by atoms with E-state index in [1.54, 1.807) is 48.5 Å². The second-order valence-electron chi connectivity index (χ2n) is 5.50. The molecule has 0 spiro atoms. The minimum atomic E-state index is -0.692. The summed E-state index contributed by atoms with van der Waals surface area (Å²) in [6.45, 7) is 0.0989. The van der Waals surface area contributed by atoms with Crippen molar-refractivity contribution in [1.29, 1.82) is 0 Å². The molecule has 2 aromatic carbocycles. The number of nitrogens with one attached hydrogen (secondary N) is 2. The van der Waals surface area contributed by atoms with Gasteiger partial charge in [0.25, 0.3) is 5.56 Å². The quantitative estimate of drug-likeness (QED) is 0.637. The van der Waals surface area contributed by atoms with Gasteiger partial charge in [-0.05, 0) is 30.3 Å². The fraction of sp³-hybridized carbons (Fsp3) is 0.118. The summed E-state index contributed by atoms with van der Waals surface area (Å²) in [5.41, 5.74) is 6.24. The topological polar surface area (TPSA) is 132 Å². The zero-order valence-corrected chi connectivity index (χ0v) is 13.7. The molecule has 0 bridgehead atoms. The molecule has 1 aromatic heterocycles. The largest absolute Gasteiger partial charge is 0.351 e. The number of amides is 3. The van der Waals surface area contributed by atoms with Gasteiger partial charge in [-0.1, -0.05) is 23.4 Å². The number of aromatic nitrogens is 3. The molecule has 4 N–H and O–H groups in total. The molecule has 0 aliphatic heterocycles. The van der Waals surface area contributed by atoms with Crippen LogP contribution >= 0.6 is 0 Å². The van der Waals surface area contributed by atoms with Crippen molar-refractivity contribution in [1.82, 2.24) is 15.0 Å². The number of carbonyl (C=O) groups is 2. The number of benzene rings is 2. The predicted molar refractivity (Wildman–Crippen MR) is 96.7 cm³/mol. The first-order valence-electron chi connectivity index (χ1n) is 7.82. The zero-order chi connectivity index (χ0) is 18.5. The van der Waals surface area contributed by atoms with Crippen molar-refractivity contribution in [2.45, 2.75) is 13.0 Å². The summed E-state index contributed by atoms with van der Waals surface area (Å²) in [6, 6.07) is 12.8. The molecule has 0 saturated carbocycles. The van der Waals surface area contributed by atoms with Crippen molar-refractivity contribution in [2.24, 2.45) is 5.73 Å². The highest BCUT2D eigenvalue weighted by Crippen LogP contribution is 2.15. The molecule has 0 unspecified atom stereocenters. The minimum absolute atomic E-state index is 0.0421. The van der Waals surface area contributed by atoms with Crippen molar-refractivity contribution in [2.75, 3.05) is 10.6 Å². The predicted octanol–water partition coefficient (Wildman–Crippen LogP) is 1.31. The van der Waals surface area contributed by atoms with E-state index in [0.717, 1.165) is 4.68 Å². The highest BCUT2D eigenvalue weighted by atomic mass is 16.2. The van der Waals surface area contributed by atoms with Crippen molar-refractivity contribution in [3.63, 3.8) is 0 Å². The van der Waals surface area contributed by atoms with Gasteiger partial charge in [0, 0.05) is 17.8 Å². The molecule has 0 aliphatic rings. The van der Waals surface area contributed by atoms with Gasteiger partial charge >= 0.3 is 6.03 Å². The molecule has 0 radical (unpaired) electrons. The number of aryl methyl sites for hydroxylation is 1. The van der Waals surface area contributed by atoms with E-state index >= 15 is 0 Å². The number of rotatable bonds is 5. The SMILES string of the molecule is NC(=O)Nc1cccc(NC(=O)CCn2nnc3ccccc3c2=O)c1. The van der Waals surface area contributed by atoms with E-state index in [9.17, 15) is 14.4 Å². The fourth-order valence-electron chi connectivity index (χ4n) is 2.42. The summed E-state index contributed by atoms with van der Waals surface area (Å²) >= 11 is 0. The molecular weight excluding hydrogens is 336 g/mol. The van der Waals surface area contributed by atoms with Crippen LogP contribution in [0.5, 0.6) is 0 Å². The molecule has 0 aliphatic carbocycles. The van der Waals surface area contributed by atoms with Gasteiger partial charge in [0.05, 0.1) is 11.9 Å². The summed E-state index contributed by atoms with van der Waals surface area (Å²) < 4.78 is 1.16. The molecule has 26 heavy (non-hydrogen) atoms. The van der Waals surface area contributed by atoms with Crippen LogP contribution in [0.2, 0.25) is 0 Å². The lowest BCUT2D eigenvalue weighted by atomic mass is 10.2. The Labute approximate surface area is 147 Å². The molecule has 0 fully saturated rings. The second-order valence-corrected chi connectivity index (χ2v) is 5.50. The lowest BCUT2D eigenvalue weighted by Crippen LogP contribution is -2.26. The van der Waals surface area contributed by atoms with Gasteiger partial charge in [-0.3, -0.25) is 9.59 Å². The van der Waals surface area contributed by atoms with E-state index in [-0.39, 0.29) is 24.4 Å². The van der Waals surface area contributed by atoms with E-state index in [1.807, 2.05) is 0 Å². The van der Waals surface area contributed by atoms with Crippen LogP contribution in [0.25, 0.3) is 10.9 Å². The van der Waals surface area contributed by atoms with Gasteiger partial charge in [0.2, 0.25) is 5.91 Å². The Bertz CT molecular complexity index is 1030. The molecule has 0 atom stereocenters. The van der Waals surface area contributed by atoms with Crippen molar-refractivity contribution >= 4 is 34.2 Å². The van der Waals surface area contributed by atoms with Gasteiger partial charge in [-0.15, -0.1) is 5.10 Å². The second kappa shape index (κ2) is 7.43. The Morgan fingerprint density at radius 3 is 2.54 bits per heavy atom. The number of primary amides is 1. The fourth-order valence-corrected chi connectivity index (χ4v) is 2.42. The van der Waals surface area contributed by atoms with Crippen molar-refractivity contribution < 1.29 is 9.59 Å². The molecule has 9 nitrogen and oxygen atoms in total. The number of anilines is 2. The average Bonchev–Trinajstić information content (AvgIpc) is 2.61. The molecule has 3 amide bonds. The normalized spacial score (nSPS) is 10.5. The van der Waals surface area contributed by atoms with E-state index in [1.165, 1.54) is 0 Å². The van der Waals surface area contributed by atoms with Crippen LogP contribution in [0, 0.1) is 0 Å². The van der Waals surface area contributed by atoms with Crippen LogP contribution in [0.15, 0.2) is 53.3 Å². The smallest absolute Gasteiger partial charge is 0.316 e. The van der Waals surface area contributed by atoms with Crippen LogP contribution in [0.4, 0.5) is 16.2 Å². The molecule has 3 rings (SSSR count). The van der Waals surface area contributed by atoms with Gasteiger partial charge in [-0.25, -0.2) is 9.48 Å².